The van der Waals surface area contributed by atoms with Crippen LogP contribution >= 0.6 is 0 Å². The van der Waals surface area contributed by atoms with E-state index in [2.05, 4.69) is 13.8 Å². The van der Waals surface area contributed by atoms with Crippen LogP contribution in [0.3, 0.4) is 0 Å². The van der Waals surface area contributed by atoms with Crippen molar-refractivity contribution in [3.63, 3.8) is 0 Å². The summed E-state index contributed by atoms with van der Waals surface area (Å²) >= 11 is 0. The van der Waals surface area contributed by atoms with Gasteiger partial charge in [0.1, 0.15) is 0 Å². The highest BCUT2D eigenvalue weighted by Crippen LogP contribution is 2.35. The van der Waals surface area contributed by atoms with Crippen LogP contribution in [0.5, 0.6) is 0 Å². The molecule has 1 rings (SSSR count). The number of unbranched alkanes of at least 4 members (excludes halogenated alkanes) is 4. The van der Waals surface area contributed by atoms with Crippen molar-refractivity contribution in [3.05, 3.63) is 13.8 Å². The molecule has 1 aliphatic carbocycles. The number of rotatable bonds is 8. The molecule has 1 atom stereocenters. The van der Waals surface area contributed by atoms with Gasteiger partial charge in [-0.15, -0.1) is 0 Å². The molecule has 1 fully saturated rings. The van der Waals surface area contributed by atoms with E-state index in [1.807, 2.05) is 0 Å². The normalized spacial score (nSPS) is 19.6. The Bertz CT molecular complexity index is 133. The van der Waals surface area contributed by atoms with E-state index in [4.69, 9.17) is 0 Å². The highest BCUT2D eigenvalue weighted by molar-refractivity contribution is 4.76. The van der Waals surface area contributed by atoms with Crippen molar-refractivity contribution < 1.29 is 0 Å². The molecule has 0 aromatic heterocycles. The van der Waals surface area contributed by atoms with Crippen LogP contribution < -0.4 is 0 Å². The first kappa shape index (κ1) is 13.1. The van der Waals surface area contributed by atoms with Gasteiger partial charge in [-0.3, -0.25) is 0 Å². The van der Waals surface area contributed by atoms with Crippen LogP contribution in [0.1, 0.15) is 70.6 Å². The van der Waals surface area contributed by atoms with E-state index in [0.717, 1.165) is 18.3 Å². The summed E-state index contributed by atoms with van der Waals surface area (Å²) in [5, 5.41) is 0. The first-order valence-electron chi connectivity index (χ1n) is 6.97. The number of hydrogen-bond donors (Lipinski definition) is 0. The van der Waals surface area contributed by atoms with Crippen molar-refractivity contribution in [2.24, 2.45) is 11.8 Å². The van der Waals surface area contributed by atoms with Gasteiger partial charge < -0.3 is 0 Å². The third kappa shape index (κ3) is 5.04. The third-order valence-electron chi connectivity index (χ3n) is 4.01. The minimum Gasteiger partial charge on any atom is -0.0533 e. The Morgan fingerprint density at radius 2 is 1.60 bits per heavy atom. The molecule has 0 N–H and O–H groups in total. The molecule has 0 aliphatic heterocycles. The summed E-state index contributed by atoms with van der Waals surface area (Å²) in [5.41, 5.74) is 0. The Balaban J connectivity index is 2.05. The second kappa shape index (κ2) is 8.19. The second-order valence-electron chi connectivity index (χ2n) is 5.15. The lowest BCUT2D eigenvalue weighted by Crippen LogP contribution is -2.10. The Labute approximate surface area is 96.8 Å². The fourth-order valence-electron chi connectivity index (χ4n) is 2.98. The van der Waals surface area contributed by atoms with E-state index in [1.165, 1.54) is 64.2 Å². The largest absolute Gasteiger partial charge is 0.0533 e. The summed E-state index contributed by atoms with van der Waals surface area (Å²) < 4.78 is 0. The van der Waals surface area contributed by atoms with Gasteiger partial charge in [-0.1, -0.05) is 84.5 Å². The molecule has 1 unspecified atom stereocenters. The Kier molecular flexibility index (Phi) is 7.13. The summed E-state index contributed by atoms with van der Waals surface area (Å²) in [6.07, 6.45) is 15.2. The van der Waals surface area contributed by atoms with Crippen molar-refractivity contribution in [3.8, 4) is 0 Å². The first-order chi connectivity index (χ1) is 7.38. The molecule has 0 heteroatoms. The van der Waals surface area contributed by atoms with Crippen LogP contribution in [0.25, 0.3) is 0 Å². The summed E-state index contributed by atoms with van der Waals surface area (Å²) in [5.74, 6) is 1.96. The van der Waals surface area contributed by atoms with Gasteiger partial charge in [0.05, 0.1) is 0 Å². The van der Waals surface area contributed by atoms with Crippen molar-refractivity contribution in [1.82, 2.24) is 0 Å². The second-order valence-corrected chi connectivity index (χ2v) is 5.15. The highest BCUT2D eigenvalue weighted by atomic mass is 14.3. The molecule has 0 aromatic rings. The zero-order valence-corrected chi connectivity index (χ0v) is 10.3. The quantitative estimate of drug-likeness (QED) is 0.481. The molecule has 0 spiro atoms. The predicted molar refractivity (Wildman–Crippen MR) is 68.5 cm³/mol. The lowest BCUT2D eigenvalue weighted by atomic mass is 9.84. The van der Waals surface area contributed by atoms with Crippen LogP contribution in [0.4, 0.5) is 0 Å². The van der Waals surface area contributed by atoms with Gasteiger partial charge in [0.2, 0.25) is 0 Å². The lowest BCUT2D eigenvalue weighted by Gasteiger charge is -2.21. The molecule has 2 radical (unpaired) electrons. The smallest absolute Gasteiger partial charge is 0.0386 e. The van der Waals surface area contributed by atoms with Gasteiger partial charge >= 0.3 is 0 Å². The minimum absolute atomic E-state index is 0.937. The zero-order valence-electron chi connectivity index (χ0n) is 10.3. The van der Waals surface area contributed by atoms with Crippen molar-refractivity contribution >= 4 is 0 Å². The summed E-state index contributed by atoms with van der Waals surface area (Å²) in [7, 11) is 0. The average molecular weight is 208 g/mol. The van der Waals surface area contributed by atoms with Crippen molar-refractivity contribution in [2.75, 3.05) is 0 Å². The SMILES string of the molecule is [CH2]CCCCCCC(C[CH2])C1CCCC1. The van der Waals surface area contributed by atoms with E-state index in [1.54, 1.807) is 0 Å². The van der Waals surface area contributed by atoms with E-state index in [9.17, 15) is 0 Å². The molecule has 0 aromatic carbocycles. The third-order valence-corrected chi connectivity index (χ3v) is 4.01. The predicted octanol–water partition coefficient (Wildman–Crippen LogP) is 5.19. The zero-order chi connectivity index (χ0) is 10.9. The molecule has 1 saturated carbocycles. The fourth-order valence-corrected chi connectivity index (χ4v) is 2.98. The maximum Gasteiger partial charge on any atom is -0.0386 e. The summed E-state index contributed by atoms with van der Waals surface area (Å²) in [6.45, 7) is 8.02. The molecule has 15 heavy (non-hydrogen) atoms. The summed E-state index contributed by atoms with van der Waals surface area (Å²) in [6, 6.07) is 0. The van der Waals surface area contributed by atoms with E-state index in [0.29, 0.717) is 0 Å². The molecule has 0 nitrogen and oxygen atoms in total. The van der Waals surface area contributed by atoms with Crippen LogP contribution in [-0.4, -0.2) is 0 Å². The summed E-state index contributed by atoms with van der Waals surface area (Å²) in [4.78, 5) is 0. The first-order valence-corrected chi connectivity index (χ1v) is 6.97. The monoisotopic (exact) mass is 208 g/mol. The van der Waals surface area contributed by atoms with E-state index < -0.39 is 0 Å². The van der Waals surface area contributed by atoms with Gasteiger partial charge in [0.25, 0.3) is 0 Å². The standard InChI is InChI=1S/C15H28/c1-3-5-6-7-8-11-14(4-2)15-12-9-10-13-15/h14-15H,1-13H2. The molecule has 0 heterocycles. The van der Waals surface area contributed by atoms with Gasteiger partial charge in [-0.05, 0) is 11.8 Å². The van der Waals surface area contributed by atoms with Crippen LogP contribution in [-0.2, 0) is 0 Å². The topological polar surface area (TPSA) is 0 Å². The average Bonchev–Trinajstić information content (AvgIpc) is 2.77. The minimum atomic E-state index is 0.937. The van der Waals surface area contributed by atoms with Crippen molar-refractivity contribution in [1.29, 1.82) is 0 Å². The number of hydrogen-bond acceptors (Lipinski definition) is 0. The highest BCUT2D eigenvalue weighted by Gasteiger charge is 2.22. The molecule has 0 bridgehead atoms. The maximum absolute atomic E-state index is 4.14. The van der Waals surface area contributed by atoms with Gasteiger partial charge in [-0.2, -0.15) is 0 Å². The van der Waals surface area contributed by atoms with E-state index >= 15 is 0 Å². The van der Waals surface area contributed by atoms with Crippen LogP contribution in [0.15, 0.2) is 0 Å². The van der Waals surface area contributed by atoms with Crippen LogP contribution in [0.2, 0.25) is 0 Å². The van der Waals surface area contributed by atoms with Crippen LogP contribution in [0, 0.1) is 25.7 Å². The molecular formula is C15H28. The van der Waals surface area contributed by atoms with Gasteiger partial charge in [0, 0.05) is 0 Å². The van der Waals surface area contributed by atoms with Gasteiger partial charge in [-0.25, -0.2) is 0 Å². The molecule has 0 amide bonds. The van der Waals surface area contributed by atoms with E-state index in [-0.39, 0.29) is 0 Å². The molecule has 0 saturated heterocycles. The Morgan fingerprint density at radius 1 is 0.933 bits per heavy atom. The molecule has 1 aliphatic rings. The van der Waals surface area contributed by atoms with Crippen molar-refractivity contribution in [2.45, 2.75) is 70.6 Å². The Hall–Kier alpha value is 0. The molecule has 88 valence electrons. The lowest BCUT2D eigenvalue weighted by molar-refractivity contribution is 0.309. The maximum atomic E-state index is 4.14. The molecular weight excluding hydrogens is 180 g/mol. The fraction of sp³-hybridized carbons (Fsp3) is 0.867. The van der Waals surface area contributed by atoms with Gasteiger partial charge in [0.15, 0.2) is 0 Å². The Morgan fingerprint density at radius 3 is 2.20 bits per heavy atom.